The molecule has 0 aromatic heterocycles. The first-order valence-corrected chi connectivity index (χ1v) is 21.5. The number of unbranched alkanes of at least 4 members (excludes halogenated alkanes) is 25. The highest BCUT2D eigenvalue weighted by molar-refractivity contribution is 5.91. The highest BCUT2D eigenvalue weighted by Gasteiger charge is 2.06. The van der Waals surface area contributed by atoms with Gasteiger partial charge in [-0.15, -0.1) is 0 Å². The molecule has 49 heavy (non-hydrogen) atoms. The smallest absolute Gasteiger partial charge is 0.243 e. The molecule has 4 heteroatoms. The molecule has 0 atom stereocenters. The van der Waals surface area contributed by atoms with Gasteiger partial charge in [0.2, 0.25) is 5.91 Å². The maximum absolute atomic E-state index is 12.3. The maximum Gasteiger partial charge on any atom is 0.243 e. The summed E-state index contributed by atoms with van der Waals surface area (Å²) in [5.41, 5.74) is 2.22. The third kappa shape index (κ3) is 29.6. The summed E-state index contributed by atoms with van der Waals surface area (Å²) in [6, 6.07) is 8.27. The van der Waals surface area contributed by atoms with Gasteiger partial charge in [0.25, 0.3) is 0 Å². The van der Waals surface area contributed by atoms with Crippen molar-refractivity contribution in [3.63, 3.8) is 0 Å². The van der Waals surface area contributed by atoms with E-state index in [9.17, 15) is 4.79 Å². The van der Waals surface area contributed by atoms with E-state index in [0.717, 1.165) is 18.5 Å². The number of hydrogen-bond donors (Lipinski definition) is 1. The van der Waals surface area contributed by atoms with E-state index < -0.39 is 0 Å². The van der Waals surface area contributed by atoms with Crippen LogP contribution in [0.3, 0.4) is 0 Å². The van der Waals surface area contributed by atoms with Crippen LogP contribution < -0.4 is 10.2 Å². The number of anilines is 1. The number of carbonyl (C=O) groups is 1. The fraction of sp³-hybridized carbons (Fsp3) is 0.800. The molecule has 0 heterocycles. The van der Waals surface area contributed by atoms with Gasteiger partial charge in [0.05, 0.1) is 0 Å². The van der Waals surface area contributed by atoms with E-state index in [2.05, 4.69) is 53.2 Å². The molecule has 0 radical (unpaired) electrons. The molecule has 0 saturated heterocycles. The summed E-state index contributed by atoms with van der Waals surface area (Å²) >= 11 is 0. The van der Waals surface area contributed by atoms with Crippen LogP contribution in [0.25, 0.3) is 6.08 Å². The van der Waals surface area contributed by atoms with Crippen LogP contribution in [0.5, 0.6) is 0 Å². The van der Waals surface area contributed by atoms with Crippen LogP contribution in [0.15, 0.2) is 30.3 Å². The van der Waals surface area contributed by atoms with Gasteiger partial charge >= 0.3 is 0 Å². The standard InChI is InChI=1S/C45H83N3O/c1-5-7-9-11-13-15-17-19-21-23-26-30-40-48(41-31-27-24-22-20-18-16-14-12-10-8-6-2)42-32-28-25-29-39-46-45(49)38-35-43-33-36-44(37-34-43)47(3)4/h33-38H,5-32,39-42H2,1-4H3,(H,46,49)/b38-35+. The Kier molecular flexibility index (Phi) is 32.0. The lowest BCUT2D eigenvalue weighted by atomic mass is 10.0. The number of carbonyl (C=O) groups excluding carboxylic acids is 1. The average molecular weight is 682 g/mol. The number of nitrogens with one attached hydrogen (secondary N) is 1. The van der Waals surface area contributed by atoms with E-state index in [1.165, 1.54) is 199 Å². The van der Waals surface area contributed by atoms with Gasteiger partial charge in [-0.3, -0.25) is 4.79 Å². The van der Waals surface area contributed by atoms with Gasteiger partial charge < -0.3 is 15.1 Å². The van der Waals surface area contributed by atoms with Crippen molar-refractivity contribution in [1.29, 1.82) is 0 Å². The third-order valence-electron chi connectivity index (χ3n) is 10.2. The molecule has 0 saturated carbocycles. The third-order valence-corrected chi connectivity index (χ3v) is 10.2. The van der Waals surface area contributed by atoms with Crippen molar-refractivity contribution in [2.24, 2.45) is 0 Å². The van der Waals surface area contributed by atoms with E-state index >= 15 is 0 Å². The number of hydrogen-bond acceptors (Lipinski definition) is 3. The summed E-state index contributed by atoms with van der Waals surface area (Å²) in [6.07, 6.45) is 42.5. The van der Waals surface area contributed by atoms with Gasteiger partial charge in [0, 0.05) is 32.4 Å². The van der Waals surface area contributed by atoms with Crippen LogP contribution in [0.1, 0.15) is 199 Å². The molecule has 0 aliphatic carbocycles. The molecule has 1 aromatic carbocycles. The largest absolute Gasteiger partial charge is 0.378 e. The quantitative estimate of drug-likeness (QED) is 0.0565. The molecular weight excluding hydrogens is 599 g/mol. The van der Waals surface area contributed by atoms with Crippen LogP contribution in [-0.2, 0) is 4.79 Å². The van der Waals surface area contributed by atoms with Crippen molar-refractivity contribution >= 4 is 17.7 Å². The maximum atomic E-state index is 12.3. The average Bonchev–Trinajstić information content (AvgIpc) is 3.11. The lowest BCUT2D eigenvalue weighted by molar-refractivity contribution is -0.116. The first-order valence-electron chi connectivity index (χ1n) is 21.5. The van der Waals surface area contributed by atoms with E-state index in [1.807, 2.05) is 20.2 Å². The number of benzene rings is 1. The Bertz CT molecular complexity index is 837. The van der Waals surface area contributed by atoms with Gasteiger partial charge in [-0.1, -0.05) is 180 Å². The van der Waals surface area contributed by atoms with Gasteiger partial charge in [0.15, 0.2) is 0 Å². The fourth-order valence-electron chi connectivity index (χ4n) is 6.83. The molecule has 0 unspecified atom stereocenters. The molecule has 4 nitrogen and oxygen atoms in total. The van der Waals surface area contributed by atoms with Crippen LogP contribution in [0.4, 0.5) is 5.69 Å². The van der Waals surface area contributed by atoms with Gasteiger partial charge in [0.1, 0.15) is 0 Å². The van der Waals surface area contributed by atoms with Crippen LogP contribution in [0, 0.1) is 0 Å². The predicted molar refractivity (Wildman–Crippen MR) is 220 cm³/mol. The van der Waals surface area contributed by atoms with Gasteiger partial charge in [-0.25, -0.2) is 0 Å². The fourth-order valence-corrected chi connectivity index (χ4v) is 6.83. The topological polar surface area (TPSA) is 35.6 Å². The first kappa shape index (κ1) is 45.2. The van der Waals surface area contributed by atoms with Crippen molar-refractivity contribution in [2.75, 3.05) is 45.2 Å². The second kappa shape index (κ2) is 34.6. The second-order valence-electron chi connectivity index (χ2n) is 15.1. The second-order valence-corrected chi connectivity index (χ2v) is 15.1. The predicted octanol–water partition coefficient (Wildman–Crippen LogP) is 13.1. The van der Waals surface area contributed by atoms with Gasteiger partial charge in [-0.2, -0.15) is 0 Å². The Balaban J connectivity index is 2.20. The molecule has 0 fully saturated rings. The molecule has 0 aliphatic heterocycles. The number of rotatable bonds is 36. The van der Waals surface area contributed by atoms with Gasteiger partial charge in [-0.05, 0) is 69.1 Å². The number of amides is 1. The van der Waals surface area contributed by atoms with E-state index in [-0.39, 0.29) is 5.91 Å². The summed E-state index contributed by atoms with van der Waals surface area (Å²) < 4.78 is 0. The molecule has 1 rings (SSSR count). The zero-order valence-electron chi connectivity index (χ0n) is 33.4. The van der Waals surface area contributed by atoms with E-state index in [0.29, 0.717) is 0 Å². The van der Waals surface area contributed by atoms with Crippen LogP contribution in [-0.4, -0.2) is 51.1 Å². The monoisotopic (exact) mass is 682 g/mol. The zero-order valence-corrected chi connectivity index (χ0v) is 33.4. The summed E-state index contributed by atoms with van der Waals surface area (Å²) in [4.78, 5) is 17.1. The Morgan fingerprint density at radius 2 is 0.857 bits per heavy atom. The Labute approximate surface area is 306 Å². The van der Waals surface area contributed by atoms with Crippen LogP contribution in [0.2, 0.25) is 0 Å². The van der Waals surface area contributed by atoms with E-state index in [4.69, 9.17) is 0 Å². The first-order chi connectivity index (χ1) is 24.1. The van der Waals surface area contributed by atoms with Crippen molar-refractivity contribution in [1.82, 2.24) is 10.2 Å². The minimum atomic E-state index is 0.00711. The van der Waals surface area contributed by atoms with Crippen molar-refractivity contribution in [3.05, 3.63) is 35.9 Å². The van der Waals surface area contributed by atoms with E-state index in [1.54, 1.807) is 6.08 Å². The molecule has 0 aliphatic rings. The SMILES string of the molecule is CCCCCCCCCCCCCCN(CCCCCCCCCCCCCC)CCCCCCNC(=O)/C=C/c1ccc(N(C)C)cc1. The minimum absolute atomic E-state index is 0.00711. The minimum Gasteiger partial charge on any atom is -0.378 e. The summed E-state index contributed by atoms with van der Waals surface area (Å²) in [5, 5.41) is 3.07. The summed E-state index contributed by atoms with van der Waals surface area (Å²) in [6.45, 7) is 9.20. The lowest BCUT2D eigenvalue weighted by Crippen LogP contribution is -2.27. The van der Waals surface area contributed by atoms with Crippen molar-refractivity contribution in [2.45, 2.75) is 194 Å². The highest BCUT2D eigenvalue weighted by Crippen LogP contribution is 2.15. The summed E-state index contributed by atoms with van der Waals surface area (Å²) in [5.74, 6) is 0.00711. The van der Waals surface area contributed by atoms with Crippen molar-refractivity contribution < 1.29 is 4.79 Å². The Hall–Kier alpha value is -1.81. The molecule has 1 N–H and O–H groups in total. The Morgan fingerprint density at radius 1 is 0.510 bits per heavy atom. The zero-order chi connectivity index (χ0) is 35.5. The molecule has 1 aromatic rings. The molecule has 0 bridgehead atoms. The Morgan fingerprint density at radius 3 is 1.22 bits per heavy atom. The van der Waals surface area contributed by atoms with Crippen molar-refractivity contribution in [3.8, 4) is 0 Å². The molecule has 284 valence electrons. The number of nitrogens with zero attached hydrogens (tertiary/aromatic N) is 2. The summed E-state index contributed by atoms with van der Waals surface area (Å²) in [7, 11) is 4.07. The highest BCUT2D eigenvalue weighted by atomic mass is 16.1. The van der Waals surface area contributed by atoms with Crippen LogP contribution >= 0.6 is 0 Å². The molecule has 1 amide bonds. The molecule has 0 spiro atoms. The normalized spacial score (nSPS) is 11.6. The lowest BCUT2D eigenvalue weighted by Gasteiger charge is -2.22. The molecular formula is C45H83N3O.